The first kappa shape index (κ1) is 17.9. The Kier molecular flexibility index (Phi) is 6.15. The minimum absolute atomic E-state index is 0.151. The number of thiophene rings is 1. The fourth-order valence-electron chi connectivity index (χ4n) is 2.42. The molecule has 0 aromatic carbocycles. The normalized spacial score (nSPS) is 19.3. The third kappa shape index (κ3) is 5.30. The van der Waals surface area contributed by atoms with E-state index in [0.29, 0.717) is 11.4 Å². The summed E-state index contributed by atoms with van der Waals surface area (Å²) in [6, 6.07) is 3.55. The topological polar surface area (TPSA) is 70.7 Å². The zero-order valence-corrected chi connectivity index (χ0v) is 14.7. The number of likely N-dealkylation sites (N-methyl/N-ethyl adjacent to an activating group) is 1. The highest BCUT2D eigenvalue weighted by atomic mass is 32.1. The smallest absolute Gasteiger partial charge is 0.262 e. The van der Waals surface area contributed by atoms with Gasteiger partial charge in [-0.3, -0.25) is 9.59 Å². The second-order valence-electron chi connectivity index (χ2n) is 6.36. The van der Waals surface area contributed by atoms with E-state index in [9.17, 15) is 9.59 Å². The lowest BCUT2D eigenvalue weighted by Gasteiger charge is -2.30. The van der Waals surface area contributed by atoms with Crippen LogP contribution in [0.3, 0.4) is 0 Å². The molecule has 2 heterocycles. The molecule has 0 bridgehead atoms. The first-order valence-electron chi connectivity index (χ1n) is 7.83. The number of nitrogens with zero attached hydrogens (tertiary/aromatic N) is 1. The molecule has 2 rings (SSSR count). The average Bonchev–Trinajstić information content (AvgIpc) is 3.01. The standard InChI is InChI=1S/C16H25N3O3S/c1-16(2,18-14(20)13-5-4-10-23-13)15(21)17-7-6-12-11-19(3)8-9-22-12/h4-5,10,12H,6-9,11H2,1-3H3,(H,17,21)(H,18,20)/t12-/m1/s1. The van der Waals surface area contributed by atoms with Crippen molar-refractivity contribution >= 4 is 23.2 Å². The van der Waals surface area contributed by atoms with Crippen LogP contribution in [0.15, 0.2) is 17.5 Å². The molecule has 0 aliphatic carbocycles. The van der Waals surface area contributed by atoms with Crippen LogP contribution >= 0.6 is 11.3 Å². The van der Waals surface area contributed by atoms with Gasteiger partial charge < -0.3 is 20.3 Å². The monoisotopic (exact) mass is 339 g/mol. The first-order chi connectivity index (χ1) is 10.9. The van der Waals surface area contributed by atoms with Crippen molar-refractivity contribution in [3.8, 4) is 0 Å². The van der Waals surface area contributed by atoms with Crippen LogP contribution in [-0.2, 0) is 9.53 Å². The van der Waals surface area contributed by atoms with Gasteiger partial charge in [-0.15, -0.1) is 11.3 Å². The number of carbonyl (C=O) groups is 2. The molecule has 6 nitrogen and oxygen atoms in total. The maximum absolute atomic E-state index is 12.3. The molecule has 23 heavy (non-hydrogen) atoms. The summed E-state index contributed by atoms with van der Waals surface area (Å²) in [5.41, 5.74) is -0.953. The largest absolute Gasteiger partial charge is 0.375 e. The number of rotatable bonds is 6. The number of morpholine rings is 1. The van der Waals surface area contributed by atoms with Crippen molar-refractivity contribution < 1.29 is 14.3 Å². The quantitative estimate of drug-likeness (QED) is 0.814. The van der Waals surface area contributed by atoms with Gasteiger partial charge in [-0.25, -0.2) is 0 Å². The number of hydrogen-bond donors (Lipinski definition) is 2. The van der Waals surface area contributed by atoms with Gasteiger partial charge in [-0.2, -0.15) is 0 Å². The van der Waals surface area contributed by atoms with Crippen molar-refractivity contribution in [1.82, 2.24) is 15.5 Å². The van der Waals surface area contributed by atoms with Gasteiger partial charge in [0.2, 0.25) is 5.91 Å². The van der Waals surface area contributed by atoms with E-state index in [-0.39, 0.29) is 17.9 Å². The third-order valence-corrected chi connectivity index (χ3v) is 4.70. The van der Waals surface area contributed by atoms with Crippen molar-refractivity contribution in [2.45, 2.75) is 31.9 Å². The van der Waals surface area contributed by atoms with E-state index in [2.05, 4.69) is 22.6 Å². The number of carbonyl (C=O) groups excluding carboxylic acids is 2. The van der Waals surface area contributed by atoms with Gasteiger partial charge >= 0.3 is 0 Å². The second-order valence-corrected chi connectivity index (χ2v) is 7.30. The molecule has 1 aromatic heterocycles. The highest BCUT2D eigenvalue weighted by molar-refractivity contribution is 7.12. The lowest BCUT2D eigenvalue weighted by Crippen LogP contribution is -2.55. The predicted molar refractivity (Wildman–Crippen MR) is 90.7 cm³/mol. The van der Waals surface area contributed by atoms with Gasteiger partial charge in [0.25, 0.3) is 5.91 Å². The van der Waals surface area contributed by atoms with E-state index in [1.54, 1.807) is 19.9 Å². The fraction of sp³-hybridized carbons (Fsp3) is 0.625. The molecule has 128 valence electrons. The van der Waals surface area contributed by atoms with Crippen LogP contribution in [0.2, 0.25) is 0 Å². The lowest BCUT2D eigenvalue weighted by molar-refractivity contribution is -0.126. The molecule has 2 amide bonds. The van der Waals surface area contributed by atoms with Crippen molar-refractivity contribution in [2.75, 3.05) is 33.3 Å². The van der Waals surface area contributed by atoms with Crippen molar-refractivity contribution in [1.29, 1.82) is 0 Å². The van der Waals surface area contributed by atoms with Crippen molar-refractivity contribution in [3.05, 3.63) is 22.4 Å². The SMILES string of the molecule is CN1CCO[C@H](CCNC(=O)C(C)(C)NC(=O)c2cccs2)C1. The van der Waals surface area contributed by atoms with E-state index in [1.807, 2.05) is 11.4 Å². The summed E-state index contributed by atoms with van der Waals surface area (Å²) in [5.74, 6) is -0.413. The zero-order valence-electron chi connectivity index (χ0n) is 13.9. The summed E-state index contributed by atoms with van der Waals surface area (Å²) in [5, 5.41) is 7.50. The Balaban J connectivity index is 1.76. The molecular weight excluding hydrogens is 314 g/mol. The van der Waals surface area contributed by atoms with Gasteiger partial charge in [-0.05, 0) is 38.8 Å². The van der Waals surface area contributed by atoms with E-state index in [0.717, 1.165) is 26.1 Å². The Morgan fingerprint density at radius 1 is 1.48 bits per heavy atom. The molecule has 1 atom stereocenters. The molecule has 2 N–H and O–H groups in total. The Bertz CT molecular complexity index is 531. The molecule has 1 aliphatic heterocycles. The summed E-state index contributed by atoms with van der Waals surface area (Å²) < 4.78 is 5.67. The average molecular weight is 339 g/mol. The van der Waals surface area contributed by atoms with Crippen LogP contribution in [0.1, 0.15) is 29.9 Å². The molecule has 0 radical (unpaired) electrons. The number of ether oxygens (including phenoxy) is 1. The van der Waals surface area contributed by atoms with Gasteiger partial charge in [0.15, 0.2) is 0 Å². The van der Waals surface area contributed by atoms with Gasteiger partial charge in [0.05, 0.1) is 17.6 Å². The van der Waals surface area contributed by atoms with E-state index in [1.165, 1.54) is 11.3 Å². The van der Waals surface area contributed by atoms with Crippen LogP contribution in [0.4, 0.5) is 0 Å². The first-order valence-corrected chi connectivity index (χ1v) is 8.71. The zero-order chi connectivity index (χ0) is 16.9. The third-order valence-electron chi connectivity index (χ3n) is 3.83. The van der Waals surface area contributed by atoms with E-state index in [4.69, 9.17) is 4.74 Å². The van der Waals surface area contributed by atoms with Crippen LogP contribution in [0, 0.1) is 0 Å². The van der Waals surface area contributed by atoms with E-state index < -0.39 is 5.54 Å². The highest BCUT2D eigenvalue weighted by Gasteiger charge is 2.30. The fourth-order valence-corrected chi connectivity index (χ4v) is 3.04. The summed E-state index contributed by atoms with van der Waals surface area (Å²) in [7, 11) is 2.07. The molecule has 1 aromatic rings. The van der Waals surface area contributed by atoms with Gasteiger partial charge in [-0.1, -0.05) is 6.07 Å². The molecule has 7 heteroatoms. The Labute approximate surface area is 141 Å². The lowest BCUT2D eigenvalue weighted by atomic mass is 10.0. The maximum atomic E-state index is 12.3. The van der Waals surface area contributed by atoms with E-state index >= 15 is 0 Å². The maximum Gasteiger partial charge on any atom is 0.262 e. The molecule has 0 spiro atoms. The molecule has 0 unspecified atom stereocenters. The highest BCUT2D eigenvalue weighted by Crippen LogP contribution is 2.11. The van der Waals surface area contributed by atoms with Gasteiger partial charge in [0, 0.05) is 19.6 Å². The molecule has 0 saturated carbocycles. The van der Waals surface area contributed by atoms with Crippen LogP contribution < -0.4 is 10.6 Å². The molecule has 1 saturated heterocycles. The summed E-state index contributed by atoms with van der Waals surface area (Å²) in [6.07, 6.45) is 0.920. The second kappa shape index (κ2) is 7.90. The molecule has 1 fully saturated rings. The van der Waals surface area contributed by atoms with Crippen molar-refractivity contribution in [2.24, 2.45) is 0 Å². The van der Waals surface area contributed by atoms with Crippen LogP contribution in [0.25, 0.3) is 0 Å². The van der Waals surface area contributed by atoms with Crippen LogP contribution in [0.5, 0.6) is 0 Å². The molecular formula is C16H25N3O3S. The van der Waals surface area contributed by atoms with Crippen LogP contribution in [-0.4, -0.2) is 61.6 Å². The van der Waals surface area contributed by atoms with Gasteiger partial charge in [0.1, 0.15) is 5.54 Å². The number of hydrogen-bond acceptors (Lipinski definition) is 5. The Hall–Kier alpha value is -1.44. The number of amides is 2. The summed E-state index contributed by atoms with van der Waals surface area (Å²) >= 11 is 1.36. The van der Waals surface area contributed by atoms with Crippen molar-refractivity contribution in [3.63, 3.8) is 0 Å². The summed E-state index contributed by atoms with van der Waals surface area (Å²) in [6.45, 7) is 6.52. The Morgan fingerprint density at radius 3 is 2.91 bits per heavy atom. The Morgan fingerprint density at radius 2 is 2.26 bits per heavy atom. The number of nitrogens with one attached hydrogen (secondary N) is 2. The molecule has 1 aliphatic rings. The minimum atomic E-state index is -0.953. The summed E-state index contributed by atoms with van der Waals surface area (Å²) in [4.78, 5) is 27.2. The predicted octanol–water partition coefficient (Wildman–Crippen LogP) is 1.09. The minimum Gasteiger partial charge on any atom is -0.375 e.